The molecule has 2 aromatic rings. The predicted octanol–water partition coefficient (Wildman–Crippen LogP) is 2.16. The molecule has 1 unspecified atom stereocenters. The second-order valence-corrected chi connectivity index (χ2v) is 4.66. The Hall–Kier alpha value is -1.46. The summed E-state index contributed by atoms with van der Waals surface area (Å²) in [6.45, 7) is 0.370. The van der Waals surface area contributed by atoms with E-state index in [1.165, 1.54) is 12.1 Å². The van der Waals surface area contributed by atoms with Crippen molar-refractivity contribution in [1.29, 1.82) is 0 Å². The number of fused-ring (bicyclic) bond motifs is 1. The Morgan fingerprint density at radius 3 is 2.94 bits per heavy atom. The Labute approximate surface area is 105 Å². The van der Waals surface area contributed by atoms with Gasteiger partial charge in [0.05, 0.1) is 11.0 Å². The van der Waals surface area contributed by atoms with Crippen LogP contribution in [0.3, 0.4) is 0 Å². The number of methoxy groups -OCH3 is 1. The SMILES string of the molecule is COC(CN)c1nc2ccc(F)cc2n1C1CC1. The second-order valence-electron chi connectivity index (χ2n) is 4.66. The number of halogens is 1. The quantitative estimate of drug-likeness (QED) is 0.903. The largest absolute Gasteiger partial charge is 0.372 e. The monoisotopic (exact) mass is 249 g/mol. The molecule has 3 rings (SSSR count). The fraction of sp³-hybridized carbons (Fsp3) is 0.462. The smallest absolute Gasteiger partial charge is 0.140 e. The number of hydrogen-bond acceptors (Lipinski definition) is 3. The Kier molecular flexibility index (Phi) is 2.80. The standard InChI is InChI=1S/C13H16FN3O/c1-18-12(7-15)13-16-10-5-2-8(14)6-11(10)17(13)9-3-4-9/h2,5-6,9,12H,3-4,7,15H2,1H3. The van der Waals surface area contributed by atoms with Crippen molar-refractivity contribution in [3.63, 3.8) is 0 Å². The van der Waals surface area contributed by atoms with Crippen LogP contribution in [0.5, 0.6) is 0 Å². The third kappa shape index (κ3) is 1.79. The molecule has 0 bridgehead atoms. The van der Waals surface area contributed by atoms with Crippen molar-refractivity contribution >= 4 is 11.0 Å². The summed E-state index contributed by atoms with van der Waals surface area (Å²) in [6, 6.07) is 5.08. The Bertz CT molecular complexity index is 573. The van der Waals surface area contributed by atoms with Crippen molar-refractivity contribution in [1.82, 2.24) is 9.55 Å². The Morgan fingerprint density at radius 1 is 1.56 bits per heavy atom. The fourth-order valence-corrected chi connectivity index (χ4v) is 2.34. The van der Waals surface area contributed by atoms with Gasteiger partial charge < -0.3 is 15.0 Å². The third-order valence-corrected chi connectivity index (χ3v) is 3.38. The molecular weight excluding hydrogens is 233 g/mol. The predicted molar refractivity (Wildman–Crippen MR) is 66.8 cm³/mol. The van der Waals surface area contributed by atoms with Crippen molar-refractivity contribution in [2.45, 2.75) is 25.0 Å². The minimum Gasteiger partial charge on any atom is -0.372 e. The van der Waals surface area contributed by atoms with Crippen molar-refractivity contribution < 1.29 is 9.13 Å². The van der Waals surface area contributed by atoms with Gasteiger partial charge in [-0.2, -0.15) is 0 Å². The molecule has 1 saturated carbocycles. The van der Waals surface area contributed by atoms with Crippen LogP contribution in [0.25, 0.3) is 11.0 Å². The molecule has 1 aliphatic rings. The van der Waals surface area contributed by atoms with Crippen molar-refractivity contribution in [3.8, 4) is 0 Å². The first-order valence-electron chi connectivity index (χ1n) is 6.15. The molecule has 1 heterocycles. The van der Waals surface area contributed by atoms with Gasteiger partial charge in [0.2, 0.25) is 0 Å². The number of aromatic nitrogens is 2. The summed E-state index contributed by atoms with van der Waals surface area (Å²) in [5, 5.41) is 0. The zero-order valence-electron chi connectivity index (χ0n) is 10.3. The van der Waals surface area contributed by atoms with Gasteiger partial charge in [-0.1, -0.05) is 0 Å². The van der Waals surface area contributed by atoms with Crippen LogP contribution in [-0.4, -0.2) is 23.2 Å². The summed E-state index contributed by atoms with van der Waals surface area (Å²) in [7, 11) is 1.62. The van der Waals surface area contributed by atoms with Crippen LogP contribution >= 0.6 is 0 Å². The van der Waals surface area contributed by atoms with E-state index in [1.54, 1.807) is 13.2 Å². The van der Waals surface area contributed by atoms with Gasteiger partial charge >= 0.3 is 0 Å². The Balaban J connectivity index is 2.20. The van der Waals surface area contributed by atoms with Gasteiger partial charge in [-0.25, -0.2) is 9.37 Å². The van der Waals surface area contributed by atoms with E-state index in [0.29, 0.717) is 12.6 Å². The fourth-order valence-electron chi connectivity index (χ4n) is 2.34. The number of hydrogen-bond donors (Lipinski definition) is 1. The van der Waals surface area contributed by atoms with Gasteiger partial charge in [0.1, 0.15) is 17.7 Å². The maximum atomic E-state index is 13.4. The van der Waals surface area contributed by atoms with Gasteiger partial charge in [0.15, 0.2) is 0 Å². The summed E-state index contributed by atoms with van der Waals surface area (Å²) in [6.07, 6.45) is 1.98. The lowest BCUT2D eigenvalue weighted by Crippen LogP contribution is -2.18. The molecule has 0 radical (unpaired) electrons. The highest BCUT2D eigenvalue weighted by molar-refractivity contribution is 5.76. The van der Waals surface area contributed by atoms with E-state index in [4.69, 9.17) is 10.5 Å². The molecule has 1 aromatic heterocycles. The number of ether oxygens (including phenoxy) is 1. The molecule has 96 valence electrons. The number of imidazole rings is 1. The highest BCUT2D eigenvalue weighted by Crippen LogP contribution is 2.40. The summed E-state index contributed by atoms with van der Waals surface area (Å²) in [4.78, 5) is 4.55. The second kappa shape index (κ2) is 4.33. The van der Waals surface area contributed by atoms with Crippen LogP contribution in [0, 0.1) is 5.82 Å². The van der Waals surface area contributed by atoms with Crippen LogP contribution in [0.2, 0.25) is 0 Å². The molecule has 1 aromatic carbocycles. The van der Waals surface area contributed by atoms with E-state index in [1.807, 2.05) is 0 Å². The summed E-state index contributed by atoms with van der Waals surface area (Å²) in [5.74, 6) is 0.570. The van der Waals surface area contributed by atoms with Gasteiger partial charge in [-0.15, -0.1) is 0 Å². The van der Waals surface area contributed by atoms with E-state index in [0.717, 1.165) is 29.7 Å². The van der Waals surface area contributed by atoms with Crippen LogP contribution in [0.4, 0.5) is 4.39 Å². The molecule has 5 heteroatoms. The zero-order valence-corrected chi connectivity index (χ0v) is 10.3. The van der Waals surface area contributed by atoms with Crippen LogP contribution < -0.4 is 5.73 Å². The maximum Gasteiger partial charge on any atom is 0.140 e. The molecule has 4 nitrogen and oxygen atoms in total. The van der Waals surface area contributed by atoms with Crippen molar-refractivity contribution in [2.75, 3.05) is 13.7 Å². The lowest BCUT2D eigenvalue weighted by atomic mass is 10.3. The molecule has 18 heavy (non-hydrogen) atoms. The van der Waals surface area contributed by atoms with E-state index < -0.39 is 0 Å². The van der Waals surface area contributed by atoms with Crippen LogP contribution in [-0.2, 0) is 4.74 Å². The third-order valence-electron chi connectivity index (χ3n) is 3.38. The van der Waals surface area contributed by atoms with E-state index >= 15 is 0 Å². The van der Waals surface area contributed by atoms with E-state index in [2.05, 4.69) is 9.55 Å². The van der Waals surface area contributed by atoms with Crippen LogP contribution in [0.15, 0.2) is 18.2 Å². The lowest BCUT2D eigenvalue weighted by molar-refractivity contribution is 0.100. The first kappa shape index (κ1) is 11.6. The maximum absolute atomic E-state index is 13.4. The van der Waals surface area contributed by atoms with Gasteiger partial charge in [-0.3, -0.25) is 0 Å². The first-order chi connectivity index (χ1) is 8.74. The topological polar surface area (TPSA) is 53.1 Å². The summed E-state index contributed by atoms with van der Waals surface area (Å²) in [5.41, 5.74) is 7.34. The van der Waals surface area contributed by atoms with E-state index in [9.17, 15) is 4.39 Å². The Morgan fingerprint density at radius 2 is 2.33 bits per heavy atom. The van der Waals surface area contributed by atoms with Gasteiger partial charge in [0, 0.05) is 19.7 Å². The van der Waals surface area contributed by atoms with Crippen LogP contribution in [0.1, 0.15) is 30.8 Å². The molecule has 0 saturated heterocycles. The molecule has 1 fully saturated rings. The molecule has 0 aliphatic heterocycles. The van der Waals surface area contributed by atoms with Crippen molar-refractivity contribution in [3.05, 3.63) is 29.8 Å². The molecule has 2 N–H and O–H groups in total. The average Bonchev–Trinajstić information content (AvgIpc) is 3.13. The van der Waals surface area contributed by atoms with E-state index in [-0.39, 0.29) is 11.9 Å². The molecule has 0 amide bonds. The summed E-state index contributed by atoms with van der Waals surface area (Å²) >= 11 is 0. The number of rotatable bonds is 4. The number of nitrogens with two attached hydrogens (primary N) is 1. The van der Waals surface area contributed by atoms with Gasteiger partial charge in [0.25, 0.3) is 0 Å². The lowest BCUT2D eigenvalue weighted by Gasteiger charge is -2.15. The van der Waals surface area contributed by atoms with Crippen molar-refractivity contribution in [2.24, 2.45) is 5.73 Å². The first-order valence-corrected chi connectivity index (χ1v) is 6.15. The minimum absolute atomic E-state index is 0.235. The normalized spacial score (nSPS) is 17.3. The zero-order chi connectivity index (χ0) is 12.7. The highest BCUT2D eigenvalue weighted by atomic mass is 19.1. The molecule has 0 spiro atoms. The summed E-state index contributed by atoms with van der Waals surface area (Å²) < 4.78 is 20.8. The highest BCUT2D eigenvalue weighted by Gasteiger charge is 2.30. The molecular formula is C13H16FN3O. The average molecular weight is 249 g/mol. The van der Waals surface area contributed by atoms with Gasteiger partial charge in [-0.05, 0) is 31.0 Å². The minimum atomic E-state index is -0.238. The number of benzene rings is 1. The molecule has 1 aliphatic carbocycles. The number of nitrogens with zero attached hydrogens (tertiary/aromatic N) is 2. The molecule has 1 atom stereocenters.